The van der Waals surface area contributed by atoms with Crippen LogP contribution in [-0.4, -0.2) is 36.5 Å². The summed E-state index contributed by atoms with van der Waals surface area (Å²) in [4.78, 5) is 28.7. The first-order valence-corrected chi connectivity index (χ1v) is 12.7. The Labute approximate surface area is 236 Å². The number of benzene rings is 3. The van der Waals surface area contributed by atoms with E-state index < -0.39 is 24.1 Å². The predicted octanol–water partition coefficient (Wildman–Crippen LogP) is 8.11. The van der Waals surface area contributed by atoms with Gasteiger partial charge in [-0.2, -0.15) is 0 Å². The number of hydrogen-bond donors (Lipinski definition) is 1. The van der Waals surface area contributed by atoms with E-state index in [0.717, 1.165) is 12.1 Å². The number of alkyl halides is 3. The van der Waals surface area contributed by atoms with E-state index in [2.05, 4.69) is 9.72 Å². The van der Waals surface area contributed by atoms with Crippen molar-refractivity contribution >= 4 is 46.0 Å². The van der Waals surface area contributed by atoms with Gasteiger partial charge in [-0.05, 0) is 61.9 Å². The molecule has 12 heteroatoms. The zero-order valence-corrected chi connectivity index (χ0v) is 22.7. The van der Waals surface area contributed by atoms with E-state index in [4.69, 9.17) is 37.4 Å². The highest BCUT2D eigenvalue weighted by Crippen LogP contribution is 2.43. The van der Waals surface area contributed by atoms with Crippen molar-refractivity contribution in [2.45, 2.75) is 26.6 Å². The molecule has 40 heavy (non-hydrogen) atoms. The minimum atomic E-state index is -4.87. The Hall–Kier alpha value is -3.89. The molecule has 0 unspecified atom stereocenters. The first-order valence-electron chi connectivity index (χ1n) is 12.0. The highest BCUT2D eigenvalue weighted by molar-refractivity contribution is 6.34. The van der Waals surface area contributed by atoms with Crippen LogP contribution in [0.1, 0.15) is 29.9 Å². The number of halogens is 5. The van der Waals surface area contributed by atoms with Gasteiger partial charge in [0, 0.05) is 32.2 Å². The molecule has 0 saturated carbocycles. The van der Waals surface area contributed by atoms with Gasteiger partial charge < -0.3 is 23.9 Å². The molecule has 0 radical (unpaired) electrons. The predicted molar refractivity (Wildman–Crippen MR) is 143 cm³/mol. The summed E-state index contributed by atoms with van der Waals surface area (Å²) in [5, 5.41) is 0.946. The van der Waals surface area contributed by atoms with Crippen LogP contribution in [0, 0.1) is 0 Å². The van der Waals surface area contributed by atoms with Gasteiger partial charge in [0.15, 0.2) is 0 Å². The van der Waals surface area contributed by atoms with E-state index in [1.54, 1.807) is 26.0 Å². The van der Waals surface area contributed by atoms with E-state index in [1.807, 2.05) is 0 Å². The summed E-state index contributed by atoms with van der Waals surface area (Å²) in [6, 6.07) is 12.9. The number of ether oxygens (including phenoxy) is 4. The number of fused-ring (bicyclic) bond motifs is 1. The average Bonchev–Trinajstić information content (AvgIpc) is 3.21. The van der Waals surface area contributed by atoms with Crippen molar-refractivity contribution in [1.29, 1.82) is 0 Å². The van der Waals surface area contributed by atoms with Crippen LogP contribution in [0.2, 0.25) is 10.0 Å². The Morgan fingerprint density at radius 3 is 2.12 bits per heavy atom. The monoisotopic (exact) mass is 595 g/mol. The molecular weight excluding hydrogens is 574 g/mol. The SMILES string of the molecule is CCOC(=O)Cc1[nH]c2ccc(Oc3cc(Cl)cc(Cl)c3)c(-c3ccc(OC(F)(F)F)cc3)c2c1C(=O)OCC. The van der Waals surface area contributed by atoms with E-state index in [-0.39, 0.29) is 42.4 Å². The molecule has 4 aromatic rings. The highest BCUT2D eigenvalue weighted by atomic mass is 35.5. The molecule has 0 bridgehead atoms. The lowest BCUT2D eigenvalue weighted by Crippen LogP contribution is -2.16. The molecule has 0 spiro atoms. The normalized spacial score (nSPS) is 11.4. The van der Waals surface area contributed by atoms with Crippen LogP contribution in [0.5, 0.6) is 17.2 Å². The number of aromatic amines is 1. The van der Waals surface area contributed by atoms with Crippen LogP contribution in [0.4, 0.5) is 13.2 Å². The number of rotatable bonds is 9. The van der Waals surface area contributed by atoms with Crippen LogP contribution in [0.25, 0.3) is 22.0 Å². The second kappa shape index (κ2) is 12.1. The molecular formula is C28H22Cl2F3NO6. The molecule has 0 aliphatic heterocycles. The summed E-state index contributed by atoms with van der Waals surface area (Å²) < 4.78 is 58.8. The van der Waals surface area contributed by atoms with E-state index >= 15 is 0 Å². The van der Waals surface area contributed by atoms with Gasteiger partial charge in [-0.25, -0.2) is 4.79 Å². The fourth-order valence-electron chi connectivity index (χ4n) is 4.15. The summed E-state index contributed by atoms with van der Waals surface area (Å²) in [6.45, 7) is 3.49. The van der Waals surface area contributed by atoms with Crippen molar-refractivity contribution in [1.82, 2.24) is 4.98 Å². The second-order valence-electron chi connectivity index (χ2n) is 8.32. The van der Waals surface area contributed by atoms with Gasteiger partial charge in [-0.3, -0.25) is 4.79 Å². The first kappa shape index (κ1) is 29.1. The molecule has 7 nitrogen and oxygen atoms in total. The summed E-state index contributed by atoms with van der Waals surface area (Å²) >= 11 is 12.3. The maximum absolute atomic E-state index is 13.2. The molecule has 0 saturated heterocycles. The molecule has 3 aromatic carbocycles. The lowest BCUT2D eigenvalue weighted by Gasteiger charge is -2.15. The maximum Gasteiger partial charge on any atom is 0.573 e. The van der Waals surface area contributed by atoms with Crippen molar-refractivity contribution in [3.8, 4) is 28.4 Å². The summed E-state index contributed by atoms with van der Waals surface area (Å²) in [6.07, 6.45) is -5.13. The smallest absolute Gasteiger partial charge is 0.466 e. The number of H-pyrrole nitrogens is 1. The zero-order chi connectivity index (χ0) is 29.0. The first-order chi connectivity index (χ1) is 19.0. The molecule has 0 atom stereocenters. The maximum atomic E-state index is 13.2. The molecule has 0 aliphatic rings. The summed E-state index contributed by atoms with van der Waals surface area (Å²) in [5.41, 5.74) is 1.47. The van der Waals surface area contributed by atoms with Gasteiger partial charge >= 0.3 is 18.3 Å². The number of nitrogens with one attached hydrogen (secondary N) is 1. The lowest BCUT2D eigenvalue weighted by molar-refractivity contribution is -0.274. The lowest BCUT2D eigenvalue weighted by atomic mass is 9.96. The Morgan fingerprint density at radius 1 is 0.875 bits per heavy atom. The average molecular weight is 596 g/mol. The quantitative estimate of drug-likeness (QED) is 0.197. The van der Waals surface area contributed by atoms with Crippen molar-refractivity contribution in [2.75, 3.05) is 13.2 Å². The number of aromatic nitrogens is 1. The van der Waals surface area contributed by atoms with Gasteiger partial charge in [-0.1, -0.05) is 35.3 Å². The molecule has 0 amide bonds. The van der Waals surface area contributed by atoms with Crippen molar-refractivity contribution < 1.29 is 41.7 Å². The van der Waals surface area contributed by atoms with Crippen molar-refractivity contribution in [2.24, 2.45) is 0 Å². The number of carbonyl (C=O) groups is 2. The molecule has 1 heterocycles. The van der Waals surface area contributed by atoms with Crippen molar-refractivity contribution in [3.05, 3.63) is 75.9 Å². The Balaban J connectivity index is 1.96. The van der Waals surface area contributed by atoms with Crippen LogP contribution in [0.15, 0.2) is 54.6 Å². The largest absolute Gasteiger partial charge is 0.573 e. The topological polar surface area (TPSA) is 86.9 Å². The summed E-state index contributed by atoms with van der Waals surface area (Å²) in [7, 11) is 0. The Morgan fingerprint density at radius 2 is 1.52 bits per heavy atom. The van der Waals surface area contributed by atoms with Gasteiger partial charge in [0.1, 0.15) is 17.2 Å². The van der Waals surface area contributed by atoms with E-state index in [0.29, 0.717) is 32.1 Å². The number of esters is 2. The number of carbonyl (C=O) groups excluding carboxylic acids is 2. The fraction of sp³-hybridized carbons (Fsp3) is 0.214. The molecule has 0 fully saturated rings. The van der Waals surface area contributed by atoms with Crippen LogP contribution < -0.4 is 9.47 Å². The minimum absolute atomic E-state index is 0.0559. The number of hydrogen-bond acceptors (Lipinski definition) is 6. The Bertz CT molecular complexity index is 1530. The zero-order valence-electron chi connectivity index (χ0n) is 21.2. The van der Waals surface area contributed by atoms with Gasteiger partial charge in [-0.15, -0.1) is 13.2 Å². The van der Waals surface area contributed by atoms with Crippen LogP contribution in [0.3, 0.4) is 0 Å². The van der Waals surface area contributed by atoms with Gasteiger partial charge in [0.25, 0.3) is 0 Å². The van der Waals surface area contributed by atoms with E-state index in [1.165, 1.54) is 30.3 Å². The minimum Gasteiger partial charge on any atom is -0.466 e. The third kappa shape index (κ3) is 6.81. The standard InChI is InChI=1S/C28H22Cl2F3NO6/c1-3-37-23(35)14-21-26(27(36)38-4-2)25-20(34-21)9-10-22(39-19-12-16(29)11-17(30)13-19)24(25)15-5-7-18(8-6-15)40-28(31,32)33/h5-13,34H,3-4,14H2,1-2H3. The van der Waals surface area contributed by atoms with E-state index in [9.17, 15) is 22.8 Å². The van der Waals surface area contributed by atoms with Gasteiger partial charge in [0.2, 0.25) is 0 Å². The van der Waals surface area contributed by atoms with Crippen LogP contribution >= 0.6 is 23.2 Å². The Kier molecular flexibility index (Phi) is 8.80. The second-order valence-corrected chi connectivity index (χ2v) is 9.19. The molecule has 0 aliphatic carbocycles. The highest BCUT2D eigenvalue weighted by Gasteiger charge is 2.31. The summed E-state index contributed by atoms with van der Waals surface area (Å²) in [5.74, 6) is -1.22. The molecule has 1 aromatic heterocycles. The third-order valence-corrected chi connectivity index (χ3v) is 5.99. The van der Waals surface area contributed by atoms with Crippen molar-refractivity contribution in [3.63, 3.8) is 0 Å². The molecule has 4 rings (SSSR count). The fourth-order valence-corrected chi connectivity index (χ4v) is 4.66. The third-order valence-electron chi connectivity index (χ3n) is 5.55. The molecule has 1 N–H and O–H groups in total. The van der Waals surface area contributed by atoms with Gasteiger partial charge in [0.05, 0.1) is 25.2 Å². The molecule has 210 valence electrons. The van der Waals surface area contributed by atoms with Crippen LogP contribution in [-0.2, 0) is 20.7 Å².